The first-order valence-corrected chi connectivity index (χ1v) is 6.68. The number of urea groups is 1. The molecule has 0 bridgehead atoms. The van der Waals surface area contributed by atoms with Crippen LogP contribution in [0.1, 0.15) is 31.0 Å². The minimum atomic E-state index is -0.670. The van der Waals surface area contributed by atoms with Gasteiger partial charge in [-0.3, -0.25) is 4.90 Å². The van der Waals surface area contributed by atoms with E-state index < -0.39 is 6.23 Å². The van der Waals surface area contributed by atoms with Crippen LogP contribution in [0.15, 0.2) is 12.5 Å². The lowest BCUT2D eigenvalue weighted by atomic mass is 9.98. The van der Waals surface area contributed by atoms with Gasteiger partial charge in [-0.15, -0.1) is 0 Å². The van der Waals surface area contributed by atoms with Crippen molar-refractivity contribution in [3.8, 4) is 0 Å². The van der Waals surface area contributed by atoms with Crippen LogP contribution in [0.25, 0.3) is 0 Å². The van der Waals surface area contributed by atoms with E-state index in [4.69, 9.17) is 0 Å². The highest BCUT2D eigenvalue weighted by Crippen LogP contribution is 2.26. The Labute approximate surface area is 112 Å². The molecule has 0 aliphatic carbocycles. The van der Waals surface area contributed by atoms with E-state index in [1.165, 1.54) is 6.33 Å². The third-order valence-electron chi connectivity index (χ3n) is 3.99. The zero-order chi connectivity index (χ0) is 13.4. The molecular formula is C13H18N4O2. The molecule has 0 aromatic carbocycles. The standard InChI is InChI=1S/C13H18N4O2/c1-9-3-2-4-17(12(9)18)13(19)16-6-10-5-14-8-15-11(10)7-16/h5,8-9,12,18H,2-4,6-7H2,1H3. The van der Waals surface area contributed by atoms with Crippen molar-refractivity contribution in [3.05, 3.63) is 23.8 Å². The van der Waals surface area contributed by atoms with Crippen LogP contribution in [-0.4, -0.2) is 43.7 Å². The van der Waals surface area contributed by atoms with Crippen molar-refractivity contribution in [1.82, 2.24) is 19.8 Å². The van der Waals surface area contributed by atoms with E-state index >= 15 is 0 Å². The molecule has 2 amide bonds. The number of piperidine rings is 1. The second-order valence-electron chi connectivity index (χ2n) is 5.36. The van der Waals surface area contributed by atoms with Gasteiger partial charge in [0.1, 0.15) is 12.6 Å². The number of likely N-dealkylation sites (tertiary alicyclic amines) is 1. The van der Waals surface area contributed by atoms with Gasteiger partial charge in [0.25, 0.3) is 0 Å². The highest BCUT2D eigenvalue weighted by molar-refractivity contribution is 5.75. The highest BCUT2D eigenvalue weighted by Gasteiger charge is 2.35. The summed E-state index contributed by atoms with van der Waals surface area (Å²) < 4.78 is 0. The average molecular weight is 262 g/mol. The molecule has 3 heterocycles. The molecule has 2 atom stereocenters. The largest absolute Gasteiger partial charge is 0.373 e. The zero-order valence-electron chi connectivity index (χ0n) is 11.0. The van der Waals surface area contributed by atoms with Crippen LogP contribution >= 0.6 is 0 Å². The topological polar surface area (TPSA) is 69.6 Å². The molecule has 1 aromatic rings. The number of aromatic nitrogens is 2. The Balaban J connectivity index is 1.72. The second-order valence-corrected chi connectivity index (χ2v) is 5.36. The summed E-state index contributed by atoms with van der Waals surface area (Å²) in [5.41, 5.74) is 1.90. The van der Waals surface area contributed by atoms with Crippen LogP contribution in [0.3, 0.4) is 0 Å². The van der Waals surface area contributed by atoms with Crippen LogP contribution < -0.4 is 0 Å². The van der Waals surface area contributed by atoms with Crippen molar-refractivity contribution < 1.29 is 9.90 Å². The predicted octanol–water partition coefficient (Wildman–Crippen LogP) is 0.963. The van der Waals surface area contributed by atoms with Gasteiger partial charge in [-0.05, 0) is 12.8 Å². The number of hydrogen-bond acceptors (Lipinski definition) is 4. The molecule has 19 heavy (non-hydrogen) atoms. The summed E-state index contributed by atoms with van der Waals surface area (Å²) in [6, 6.07) is -0.1000. The molecule has 6 heteroatoms. The van der Waals surface area contributed by atoms with Crippen molar-refractivity contribution in [2.45, 2.75) is 39.1 Å². The first kappa shape index (κ1) is 12.3. The van der Waals surface area contributed by atoms with Crippen molar-refractivity contribution in [1.29, 1.82) is 0 Å². The lowest BCUT2D eigenvalue weighted by Crippen LogP contribution is -2.51. The van der Waals surface area contributed by atoms with Crippen LogP contribution in [0, 0.1) is 5.92 Å². The van der Waals surface area contributed by atoms with Crippen molar-refractivity contribution in [3.63, 3.8) is 0 Å². The molecular weight excluding hydrogens is 244 g/mol. The summed E-state index contributed by atoms with van der Waals surface area (Å²) in [4.78, 5) is 23.9. The molecule has 2 aliphatic rings. The number of amides is 2. The van der Waals surface area contributed by atoms with E-state index in [-0.39, 0.29) is 11.9 Å². The Kier molecular flexibility index (Phi) is 3.10. The van der Waals surface area contributed by atoms with Gasteiger partial charge >= 0.3 is 6.03 Å². The second kappa shape index (κ2) is 4.77. The third-order valence-corrected chi connectivity index (χ3v) is 3.99. The summed E-state index contributed by atoms with van der Waals surface area (Å²) >= 11 is 0. The Morgan fingerprint density at radius 1 is 1.47 bits per heavy atom. The number of carbonyl (C=O) groups is 1. The summed E-state index contributed by atoms with van der Waals surface area (Å²) in [6.07, 6.45) is 4.51. The molecule has 1 fully saturated rings. The smallest absolute Gasteiger partial charge is 0.322 e. The van der Waals surface area contributed by atoms with E-state index in [1.54, 1.807) is 16.0 Å². The molecule has 0 saturated carbocycles. The maximum Gasteiger partial charge on any atom is 0.322 e. The van der Waals surface area contributed by atoms with E-state index in [2.05, 4.69) is 9.97 Å². The van der Waals surface area contributed by atoms with Gasteiger partial charge in [-0.1, -0.05) is 6.92 Å². The van der Waals surface area contributed by atoms with Crippen molar-refractivity contribution in [2.24, 2.45) is 5.92 Å². The Bertz CT molecular complexity index is 468. The Hall–Kier alpha value is -1.69. The van der Waals surface area contributed by atoms with E-state index in [0.717, 1.165) is 24.1 Å². The maximum absolute atomic E-state index is 12.5. The number of aliphatic hydroxyl groups excluding tert-OH is 1. The minimum absolute atomic E-state index is 0.1000. The third kappa shape index (κ3) is 2.16. The lowest BCUT2D eigenvalue weighted by Gasteiger charge is -2.38. The van der Waals surface area contributed by atoms with Gasteiger partial charge in [0.05, 0.1) is 18.8 Å². The first-order valence-electron chi connectivity index (χ1n) is 6.68. The SMILES string of the molecule is CC1CCCN(C(=O)N2Cc3cncnc3C2)C1O. The number of hydrogen-bond donors (Lipinski definition) is 1. The minimum Gasteiger partial charge on any atom is -0.373 e. The van der Waals surface area contributed by atoms with Crippen LogP contribution in [0.5, 0.6) is 0 Å². The zero-order valence-corrected chi connectivity index (χ0v) is 11.0. The normalized spacial score (nSPS) is 26.4. The molecule has 1 aromatic heterocycles. The molecule has 0 spiro atoms. The number of rotatable bonds is 0. The molecule has 2 aliphatic heterocycles. The Morgan fingerprint density at radius 2 is 2.32 bits per heavy atom. The number of aliphatic hydroxyl groups is 1. The van der Waals surface area contributed by atoms with Gasteiger partial charge in [-0.2, -0.15) is 0 Å². The number of fused-ring (bicyclic) bond motifs is 1. The van der Waals surface area contributed by atoms with Gasteiger partial charge in [0.2, 0.25) is 0 Å². The van der Waals surface area contributed by atoms with Crippen LogP contribution in [0.2, 0.25) is 0 Å². The summed E-state index contributed by atoms with van der Waals surface area (Å²) in [7, 11) is 0. The molecule has 6 nitrogen and oxygen atoms in total. The number of nitrogens with zero attached hydrogens (tertiary/aromatic N) is 4. The molecule has 0 radical (unpaired) electrons. The fraction of sp³-hybridized carbons (Fsp3) is 0.615. The van der Waals surface area contributed by atoms with Gasteiger partial charge in [0, 0.05) is 24.2 Å². The van der Waals surface area contributed by atoms with Crippen molar-refractivity contribution >= 4 is 6.03 Å². The fourth-order valence-corrected chi connectivity index (χ4v) is 2.80. The van der Waals surface area contributed by atoms with Gasteiger partial charge in [-0.25, -0.2) is 14.8 Å². The maximum atomic E-state index is 12.5. The summed E-state index contributed by atoms with van der Waals surface area (Å²) in [5, 5.41) is 10.1. The summed E-state index contributed by atoms with van der Waals surface area (Å²) in [5.74, 6) is 0.141. The quantitative estimate of drug-likeness (QED) is 0.756. The molecule has 1 N–H and O–H groups in total. The van der Waals surface area contributed by atoms with Crippen molar-refractivity contribution in [2.75, 3.05) is 6.54 Å². The van der Waals surface area contributed by atoms with E-state index in [1.807, 2.05) is 6.92 Å². The molecule has 3 rings (SSSR count). The van der Waals surface area contributed by atoms with Gasteiger partial charge < -0.3 is 10.0 Å². The molecule has 1 saturated heterocycles. The average Bonchev–Trinajstić information content (AvgIpc) is 2.85. The first-order chi connectivity index (χ1) is 9.16. The number of carbonyl (C=O) groups excluding carboxylic acids is 1. The fourth-order valence-electron chi connectivity index (χ4n) is 2.80. The van der Waals surface area contributed by atoms with Crippen LogP contribution in [-0.2, 0) is 13.1 Å². The van der Waals surface area contributed by atoms with Gasteiger partial charge in [0.15, 0.2) is 0 Å². The highest BCUT2D eigenvalue weighted by atomic mass is 16.3. The van der Waals surface area contributed by atoms with E-state index in [0.29, 0.717) is 19.6 Å². The Morgan fingerprint density at radius 3 is 3.11 bits per heavy atom. The summed E-state index contributed by atoms with van der Waals surface area (Å²) in [6.45, 7) is 3.65. The van der Waals surface area contributed by atoms with E-state index in [9.17, 15) is 9.90 Å². The van der Waals surface area contributed by atoms with Crippen LogP contribution in [0.4, 0.5) is 4.79 Å². The predicted molar refractivity (Wildman–Crippen MR) is 67.8 cm³/mol. The monoisotopic (exact) mass is 262 g/mol. The lowest BCUT2D eigenvalue weighted by molar-refractivity contribution is -0.0414. The molecule has 2 unspecified atom stereocenters. The molecule has 102 valence electrons.